The molecule has 0 saturated heterocycles. The van der Waals surface area contributed by atoms with Gasteiger partial charge in [0.1, 0.15) is 5.75 Å². The first-order valence-electron chi connectivity index (χ1n) is 6.66. The lowest BCUT2D eigenvalue weighted by Crippen LogP contribution is -2.02. The number of benzene rings is 1. The molecule has 1 aromatic rings. The Hall–Kier alpha value is -1.51. The lowest BCUT2D eigenvalue weighted by atomic mass is 9.90. The third-order valence-electron chi connectivity index (χ3n) is 4.17. The molecule has 1 aliphatic heterocycles. The standard InChI is InChI=1S/C15H18O3/c1-9-8-11-3-2-10(4-5-13(16)17)14(11)12-6-7-18-15(9)12/h8,10H,2-7H2,1H3,(H,16,17)/t10-/m0/s1. The van der Waals surface area contributed by atoms with E-state index in [1.807, 2.05) is 0 Å². The summed E-state index contributed by atoms with van der Waals surface area (Å²) in [6.07, 6.45) is 4.21. The van der Waals surface area contributed by atoms with Gasteiger partial charge in [-0.15, -0.1) is 0 Å². The molecule has 0 unspecified atom stereocenters. The van der Waals surface area contributed by atoms with Gasteiger partial charge in [-0.25, -0.2) is 0 Å². The zero-order valence-electron chi connectivity index (χ0n) is 10.7. The number of aryl methyl sites for hydroxylation is 2. The Balaban J connectivity index is 1.95. The fourth-order valence-electron chi connectivity index (χ4n) is 3.44. The Kier molecular flexibility index (Phi) is 2.77. The SMILES string of the molecule is Cc1cc2c(c3c1OCC3)[C@H](CCC(=O)O)CC2. The minimum Gasteiger partial charge on any atom is -0.493 e. The average Bonchev–Trinajstić information content (AvgIpc) is 2.91. The largest absolute Gasteiger partial charge is 0.493 e. The van der Waals surface area contributed by atoms with Crippen molar-refractivity contribution in [2.75, 3.05) is 6.61 Å². The predicted octanol–water partition coefficient (Wildman–Crippen LogP) is 2.82. The molecule has 3 rings (SSSR count). The van der Waals surface area contributed by atoms with Crippen molar-refractivity contribution >= 4 is 5.97 Å². The van der Waals surface area contributed by atoms with Gasteiger partial charge in [-0.2, -0.15) is 0 Å². The monoisotopic (exact) mass is 246 g/mol. The van der Waals surface area contributed by atoms with E-state index in [0.717, 1.165) is 38.0 Å². The molecule has 0 radical (unpaired) electrons. The molecule has 0 spiro atoms. The number of rotatable bonds is 3. The number of hydrogen-bond acceptors (Lipinski definition) is 2. The maximum absolute atomic E-state index is 10.7. The van der Waals surface area contributed by atoms with Crippen molar-refractivity contribution in [1.82, 2.24) is 0 Å². The molecule has 3 nitrogen and oxygen atoms in total. The highest BCUT2D eigenvalue weighted by Crippen LogP contribution is 2.45. The summed E-state index contributed by atoms with van der Waals surface area (Å²) >= 11 is 0. The minimum atomic E-state index is -0.691. The van der Waals surface area contributed by atoms with Crippen molar-refractivity contribution in [3.05, 3.63) is 28.3 Å². The summed E-state index contributed by atoms with van der Waals surface area (Å²) in [5.74, 6) is 0.798. The fourth-order valence-corrected chi connectivity index (χ4v) is 3.44. The summed E-state index contributed by atoms with van der Waals surface area (Å²) in [6, 6.07) is 2.24. The van der Waals surface area contributed by atoms with Gasteiger partial charge in [-0.3, -0.25) is 4.79 Å². The summed E-state index contributed by atoms with van der Waals surface area (Å²) in [5.41, 5.74) is 5.43. The average molecular weight is 246 g/mol. The highest BCUT2D eigenvalue weighted by molar-refractivity contribution is 5.67. The van der Waals surface area contributed by atoms with Crippen LogP contribution in [0.2, 0.25) is 0 Å². The van der Waals surface area contributed by atoms with Crippen LogP contribution in [0.15, 0.2) is 6.07 Å². The van der Waals surface area contributed by atoms with Crippen LogP contribution in [-0.4, -0.2) is 17.7 Å². The van der Waals surface area contributed by atoms with Crippen molar-refractivity contribution in [1.29, 1.82) is 0 Å². The maximum atomic E-state index is 10.7. The van der Waals surface area contributed by atoms with E-state index < -0.39 is 5.97 Å². The van der Waals surface area contributed by atoms with Gasteiger partial charge in [0.15, 0.2) is 0 Å². The van der Waals surface area contributed by atoms with E-state index in [-0.39, 0.29) is 6.42 Å². The minimum absolute atomic E-state index is 0.271. The lowest BCUT2D eigenvalue weighted by molar-refractivity contribution is -0.137. The number of carboxylic acids is 1. The zero-order valence-corrected chi connectivity index (χ0v) is 10.7. The number of hydrogen-bond donors (Lipinski definition) is 1. The summed E-state index contributed by atoms with van der Waals surface area (Å²) in [4.78, 5) is 10.7. The van der Waals surface area contributed by atoms with Gasteiger partial charge in [0.05, 0.1) is 6.61 Å². The molecule has 18 heavy (non-hydrogen) atoms. The van der Waals surface area contributed by atoms with Crippen LogP contribution in [0.1, 0.15) is 47.4 Å². The zero-order chi connectivity index (χ0) is 12.7. The summed E-state index contributed by atoms with van der Waals surface area (Å²) in [6.45, 7) is 2.88. The second-order valence-electron chi connectivity index (χ2n) is 5.34. The Morgan fingerprint density at radius 3 is 3.11 bits per heavy atom. The highest BCUT2D eigenvalue weighted by atomic mass is 16.5. The molecular weight excluding hydrogens is 228 g/mol. The Labute approximate surface area is 107 Å². The molecule has 1 aromatic carbocycles. The third kappa shape index (κ3) is 1.78. The molecule has 0 bridgehead atoms. The molecule has 1 atom stereocenters. The molecule has 96 valence electrons. The van der Waals surface area contributed by atoms with E-state index in [1.165, 1.54) is 22.3 Å². The van der Waals surface area contributed by atoms with E-state index in [9.17, 15) is 4.79 Å². The van der Waals surface area contributed by atoms with Gasteiger partial charge in [0.2, 0.25) is 0 Å². The summed E-state index contributed by atoms with van der Waals surface area (Å²) in [7, 11) is 0. The van der Waals surface area contributed by atoms with Crippen molar-refractivity contribution in [3.63, 3.8) is 0 Å². The van der Waals surface area contributed by atoms with Crippen LogP contribution in [0.3, 0.4) is 0 Å². The van der Waals surface area contributed by atoms with Crippen LogP contribution in [0.25, 0.3) is 0 Å². The van der Waals surface area contributed by atoms with Gasteiger partial charge in [-0.05, 0) is 48.8 Å². The third-order valence-corrected chi connectivity index (χ3v) is 4.17. The first-order valence-corrected chi connectivity index (χ1v) is 6.66. The van der Waals surface area contributed by atoms with Crippen molar-refractivity contribution in [3.8, 4) is 5.75 Å². The van der Waals surface area contributed by atoms with Crippen LogP contribution >= 0.6 is 0 Å². The van der Waals surface area contributed by atoms with Gasteiger partial charge < -0.3 is 9.84 Å². The smallest absolute Gasteiger partial charge is 0.303 e. The fraction of sp³-hybridized carbons (Fsp3) is 0.533. The Bertz CT molecular complexity index is 505. The molecule has 0 fully saturated rings. The predicted molar refractivity (Wildman–Crippen MR) is 68.3 cm³/mol. The van der Waals surface area contributed by atoms with Crippen LogP contribution < -0.4 is 4.74 Å². The molecule has 1 aliphatic carbocycles. The van der Waals surface area contributed by atoms with E-state index in [1.54, 1.807) is 0 Å². The first kappa shape index (κ1) is 11.6. The molecule has 0 amide bonds. The van der Waals surface area contributed by atoms with E-state index >= 15 is 0 Å². The van der Waals surface area contributed by atoms with Crippen LogP contribution in [0.4, 0.5) is 0 Å². The van der Waals surface area contributed by atoms with E-state index in [4.69, 9.17) is 9.84 Å². The van der Waals surface area contributed by atoms with Gasteiger partial charge in [-0.1, -0.05) is 6.07 Å². The number of aliphatic carboxylic acids is 1. The molecule has 1 heterocycles. The molecule has 1 N–H and O–H groups in total. The second kappa shape index (κ2) is 4.30. The summed E-state index contributed by atoms with van der Waals surface area (Å²) < 4.78 is 5.71. The van der Waals surface area contributed by atoms with Crippen molar-refractivity contribution in [2.24, 2.45) is 0 Å². The van der Waals surface area contributed by atoms with Gasteiger partial charge in [0.25, 0.3) is 0 Å². The molecule has 0 saturated carbocycles. The number of ether oxygens (including phenoxy) is 1. The molecular formula is C15H18O3. The van der Waals surface area contributed by atoms with E-state index in [2.05, 4.69) is 13.0 Å². The number of carbonyl (C=O) groups is 1. The van der Waals surface area contributed by atoms with Crippen molar-refractivity contribution < 1.29 is 14.6 Å². The molecule has 2 aliphatic rings. The highest BCUT2D eigenvalue weighted by Gasteiger charge is 2.30. The molecule has 3 heteroatoms. The first-order chi connectivity index (χ1) is 8.66. The lowest BCUT2D eigenvalue weighted by Gasteiger charge is -2.15. The summed E-state index contributed by atoms with van der Waals surface area (Å²) in [5, 5.41) is 8.83. The quantitative estimate of drug-likeness (QED) is 0.892. The van der Waals surface area contributed by atoms with Gasteiger partial charge >= 0.3 is 5.97 Å². The van der Waals surface area contributed by atoms with Crippen LogP contribution in [0, 0.1) is 6.92 Å². The van der Waals surface area contributed by atoms with E-state index in [0.29, 0.717) is 5.92 Å². The maximum Gasteiger partial charge on any atom is 0.303 e. The Morgan fingerprint density at radius 1 is 1.50 bits per heavy atom. The van der Waals surface area contributed by atoms with Gasteiger partial charge in [0, 0.05) is 18.4 Å². The second-order valence-corrected chi connectivity index (χ2v) is 5.34. The normalized spacial score (nSPS) is 20.4. The number of carboxylic acid groups (broad SMARTS) is 1. The topological polar surface area (TPSA) is 46.5 Å². The van der Waals surface area contributed by atoms with Crippen molar-refractivity contribution in [2.45, 2.75) is 44.9 Å². The Morgan fingerprint density at radius 2 is 2.33 bits per heavy atom. The van der Waals surface area contributed by atoms with Crippen LogP contribution in [0.5, 0.6) is 5.75 Å². The molecule has 0 aromatic heterocycles. The van der Waals surface area contributed by atoms with Crippen LogP contribution in [-0.2, 0) is 17.6 Å². The number of fused-ring (bicyclic) bond motifs is 3.